The highest BCUT2D eigenvalue weighted by molar-refractivity contribution is 5.91. The molecule has 2 N–H and O–H groups in total. The van der Waals surface area contributed by atoms with Crippen LogP contribution in [0.3, 0.4) is 0 Å². The number of likely N-dealkylation sites (N-methyl/N-ethyl adjacent to an activating group) is 1. The molecule has 4 heteroatoms. The fourth-order valence-electron chi connectivity index (χ4n) is 2.51. The third-order valence-electron chi connectivity index (χ3n) is 3.86. The van der Waals surface area contributed by atoms with Gasteiger partial charge >= 0.3 is 0 Å². The predicted octanol–water partition coefficient (Wildman–Crippen LogP) is 1.07. The number of hydrogen-bond donors (Lipinski definition) is 2. The number of carbonyl (C=O) groups is 1. The van der Waals surface area contributed by atoms with Crippen LogP contribution in [-0.4, -0.2) is 49.2 Å². The molecule has 1 aliphatic carbocycles. The van der Waals surface area contributed by atoms with Crippen LogP contribution in [0.25, 0.3) is 0 Å². The highest BCUT2D eigenvalue weighted by atomic mass is 16.3. The fourth-order valence-corrected chi connectivity index (χ4v) is 2.51. The molecular formula is C16H24N2O2. The van der Waals surface area contributed by atoms with Gasteiger partial charge in [-0.1, -0.05) is 29.8 Å². The first kappa shape index (κ1) is 15.0. The molecule has 0 saturated heterocycles. The van der Waals surface area contributed by atoms with Crippen LogP contribution in [0.5, 0.6) is 0 Å². The summed E-state index contributed by atoms with van der Waals surface area (Å²) in [5.74, 6) is 0.0409. The van der Waals surface area contributed by atoms with Crippen molar-refractivity contribution in [3.63, 3.8) is 0 Å². The quantitative estimate of drug-likeness (QED) is 0.817. The van der Waals surface area contributed by atoms with Gasteiger partial charge < -0.3 is 15.3 Å². The average Bonchev–Trinajstić information content (AvgIpc) is 3.17. The van der Waals surface area contributed by atoms with Crippen LogP contribution in [0.2, 0.25) is 0 Å². The molecule has 2 rings (SSSR count). The maximum absolute atomic E-state index is 12.4. The number of rotatable bonds is 6. The summed E-state index contributed by atoms with van der Waals surface area (Å²) in [6.07, 6.45) is 1.26. The van der Waals surface area contributed by atoms with Gasteiger partial charge in [0, 0.05) is 13.1 Å². The predicted molar refractivity (Wildman–Crippen MR) is 79.7 cm³/mol. The Hall–Kier alpha value is -1.39. The van der Waals surface area contributed by atoms with Crippen molar-refractivity contribution >= 4 is 5.91 Å². The summed E-state index contributed by atoms with van der Waals surface area (Å²) in [4.78, 5) is 14.3. The first-order valence-corrected chi connectivity index (χ1v) is 7.12. The van der Waals surface area contributed by atoms with Crippen molar-refractivity contribution in [2.24, 2.45) is 0 Å². The van der Waals surface area contributed by atoms with Crippen molar-refractivity contribution in [2.45, 2.75) is 31.3 Å². The van der Waals surface area contributed by atoms with E-state index in [1.807, 2.05) is 50.2 Å². The van der Waals surface area contributed by atoms with Crippen molar-refractivity contribution in [1.29, 1.82) is 0 Å². The third-order valence-corrected chi connectivity index (χ3v) is 3.86. The lowest BCUT2D eigenvalue weighted by atomic mass is 9.94. The van der Waals surface area contributed by atoms with Crippen LogP contribution in [0.15, 0.2) is 24.3 Å². The maximum Gasteiger partial charge on any atom is 0.230 e. The van der Waals surface area contributed by atoms with Crippen LogP contribution in [0.1, 0.15) is 24.0 Å². The van der Waals surface area contributed by atoms with E-state index < -0.39 is 6.10 Å². The third kappa shape index (κ3) is 3.38. The number of benzene rings is 1. The van der Waals surface area contributed by atoms with Crippen molar-refractivity contribution < 1.29 is 9.90 Å². The monoisotopic (exact) mass is 276 g/mol. The van der Waals surface area contributed by atoms with Gasteiger partial charge in [0.1, 0.15) is 0 Å². The van der Waals surface area contributed by atoms with Crippen molar-refractivity contribution in [3.8, 4) is 0 Å². The summed E-state index contributed by atoms with van der Waals surface area (Å²) < 4.78 is 0. The van der Waals surface area contributed by atoms with Gasteiger partial charge in [-0.3, -0.25) is 4.79 Å². The second-order valence-electron chi connectivity index (χ2n) is 6.07. The van der Waals surface area contributed by atoms with Crippen molar-refractivity contribution in [2.75, 3.05) is 27.2 Å². The molecule has 1 aromatic carbocycles. The topological polar surface area (TPSA) is 52.6 Å². The molecule has 110 valence electrons. The SMILES string of the molecule is Cc1ccc(C2(C(=O)NC[C@H](O)CN(C)C)CC2)cc1. The van der Waals surface area contributed by atoms with E-state index in [1.54, 1.807) is 0 Å². The Balaban J connectivity index is 1.93. The second kappa shape index (κ2) is 5.94. The first-order valence-electron chi connectivity index (χ1n) is 7.12. The normalized spacial score (nSPS) is 17.9. The van der Waals surface area contributed by atoms with Gasteiger partial charge in [0.25, 0.3) is 0 Å². The Labute approximate surface area is 120 Å². The minimum Gasteiger partial charge on any atom is -0.390 e. The molecule has 0 spiro atoms. The molecule has 0 aliphatic heterocycles. The van der Waals surface area contributed by atoms with Gasteiger partial charge in [-0.25, -0.2) is 0 Å². The number of nitrogens with zero attached hydrogens (tertiary/aromatic N) is 1. The standard InChI is InChI=1S/C16H24N2O2/c1-12-4-6-13(7-5-12)16(8-9-16)15(20)17-10-14(19)11-18(2)3/h4-7,14,19H,8-11H2,1-3H3,(H,17,20)/t14-/m0/s1. The molecule has 0 aromatic heterocycles. The van der Waals surface area contributed by atoms with Gasteiger partial charge in [0.15, 0.2) is 0 Å². The van der Waals surface area contributed by atoms with Crippen molar-refractivity contribution in [3.05, 3.63) is 35.4 Å². The Bertz CT molecular complexity index is 464. The molecular weight excluding hydrogens is 252 g/mol. The van der Waals surface area contributed by atoms with Crippen LogP contribution in [-0.2, 0) is 10.2 Å². The molecule has 0 unspecified atom stereocenters. The Morgan fingerprint density at radius 3 is 2.45 bits per heavy atom. The number of hydrogen-bond acceptors (Lipinski definition) is 3. The number of aliphatic hydroxyl groups is 1. The van der Waals surface area contributed by atoms with E-state index in [0.29, 0.717) is 13.1 Å². The lowest BCUT2D eigenvalue weighted by molar-refractivity contribution is -0.124. The molecule has 1 saturated carbocycles. The number of aliphatic hydroxyl groups excluding tert-OH is 1. The molecule has 0 radical (unpaired) electrons. The molecule has 1 aromatic rings. The summed E-state index contributed by atoms with van der Waals surface area (Å²) in [7, 11) is 3.81. The van der Waals surface area contributed by atoms with Crippen LogP contribution >= 0.6 is 0 Å². The van der Waals surface area contributed by atoms with Gasteiger partial charge in [0.05, 0.1) is 11.5 Å². The average molecular weight is 276 g/mol. The van der Waals surface area contributed by atoms with Gasteiger partial charge in [0.2, 0.25) is 5.91 Å². The van der Waals surface area contributed by atoms with Crippen molar-refractivity contribution in [1.82, 2.24) is 10.2 Å². The minimum atomic E-state index is -0.525. The number of nitrogens with one attached hydrogen (secondary N) is 1. The maximum atomic E-state index is 12.4. The van der Waals surface area contributed by atoms with Crippen LogP contribution in [0.4, 0.5) is 0 Å². The summed E-state index contributed by atoms with van der Waals surface area (Å²) in [5, 5.41) is 12.7. The lowest BCUT2D eigenvalue weighted by Crippen LogP contribution is -2.42. The summed E-state index contributed by atoms with van der Waals surface area (Å²) in [5.41, 5.74) is 1.93. The summed E-state index contributed by atoms with van der Waals surface area (Å²) in [6.45, 7) is 2.91. The molecule has 20 heavy (non-hydrogen) atoms. The Morgan fingerprint density at radius 2 is 1.95 bits per heavy atom. The minimum absolute atomic E-state index is 0.0409. The van der Waals surface area contributed by atoms with E-state index in [4.69, 9.17) is 0 Å². The van der Waals surface area contributed by atoms with Crippen LogP contribution in [0, 0.1) is 6.92 Å². The Morgan fingerprint density at radius 1 is 1.35 bits per heavy atom. The molecule has 1 aliphatic rings. The van der Waals surface area contributed by atoms with E-state index in [-0.39, 0.29) is 11.3 Å². The van der Waals surface area contributed by atoms with E-state index in [0.717, 1.165) is 18.4 Å². The molecule has 1 amide bonds. The number of aryl methyl sites for hydroxylation is 1. The van der Waals surface area contributed by atoms with E-state index in [9.17, 15) is 9.90 Å². The smallest absolute Gasteiger partial charge is 0.230 e. The molecule has 4 nitrogen and oxygen atoms in total. The molecule has 0 heterocycles. The zero-order chi connectivity index (χ0) is 14.8. The van der Waals surface area contributed by atoms with Gasteiger partial charge in [-0.15, -0.1) is 0 Å². The van der Waals surface area contributed by atoms with Gasteiger partial charge in [-0.05, 0) is 39.4 Å². The zero-order valence-electron chi connectivity index (χ0n) is 12.5. The fraction of sp³-hybridized carbons (Fsp3) is 0.562. The van der Waals surface area contributed by atoms with Gasteiger partial charge in [-0.2, -0.15) is 0 Å². The zero-order valence-corrected chi connectivity index (χ0v) is 12.5. The Kier molecular flexibility index (Phi) is 4.45. The lowest BCUT2D eigenvalue weighted by Gasteiger charge is -2.20. The van der Waals surface area contributed by atoms with E-state index >= 15 is 0 Å². The number of amides is 1. The highest BCUT2D eigenvalue weighted by Gasteiger charge is 2.51. The molecule has 1 atom stereocenters. The largest absolute Gasteiger partial charge is 0.390 e. The summed E-state index contributed by atoms with van der Waals surface area (Å²) >= 11 is 0. The number of carbonyl (C=O) groups excluding carboxylic acids is 1. The summed E-state index contributed by atoms with van der Waals surface area (Å²) in [6, 6.07) is 8.17. The van der Waals surface area contributed by atoms with E-state index in [1.165, 1.54) is 5.56 Å². The molecule has 1 fully saturated rings. The first-order chi connectivity index (χ1) is 9.44. The van der Waals surface area contributed by atoms with E-state index in [2.05, 4.69) is 5.32 Å². The van der Waals surface area contributed by atoms with Crippen LogP contribution < -0.4 is 5.32 Å². The molecule has 0 bridgehead atoms. The highest BCUT2D eigenvalue weighted by Crippen LogP contribution is 2.48. The second-order valence-corrected chi connectivity index (χ2v) is 6.07.